The number of rotatable bonds is 8. The first-order chi connectivity index (χ1) is 12.8. The van der Waals surface area contributed by atoms with Gasteiger partial charge in [-0.3, -0.25) is 9.10 Å². The molecule has 0 aliphatic carbocycles. The lowest BCUT2D eigenvalue weighted by molar-refractivity contribution is -0.120. The summed E-state index contributed by atoms with van der Waals surface area (Å²) in [4.78, 5) is 12.6. The number of carbonyl (C=O) groups is 1. The van der Waals surface area contributed by atoms with E-state index in [1.165, 1.54) is 0 Å². The van der Waals surface area contributed by atoms with Crippen molar-refractivity contribution in [2.75, 3.05) is 24.2 Å². The van der Waals surface area contributed by atoms with Gasteiger partial charge in [-0.15, -0.1) is 0 Å². The number of anilines is 1. The van der Waals surface area contributed by atoms with Crippen LogP contribution in [0.1, 0.15) is 31.0 Å². The molecule has 0 aliphatic heterocycles. The Labute approximate surface area is 161 Å². The molecule has 7 heteroatoms. The molecule has 27 heavy (non-hydrogen) atoms. The molecule has 0 fully saturated rings. The van der Waals surface area contributed by atoms with E-state index in [-0.39, 0.29) is 18.5 Å². The molecular formula is C20H26N2O4S. The number of methoxy groups -OCH3 is 1. The normalized spacial score (nSPS) is 12.3. The molecule has 2 rings (SSSR count). The number of nitrogens with one attached hydrogen (secondary N) is 1. The lowest BCUT2D eigenvalue weighted by atomic mass is 10.1. The third-order valence-corrected chi connectivity index (χ3v) is 5.44. The van der Waals surface area contributed by atoms with E-state index in [0.717, 1.165) is 21.7 Å². The lowest BCUT2D eigenvalue weighted by Gasteiger charge is -2.25. The number of benzene rings is 2. The maximum atomic E-state index is 12.6. The third kappa shape index (κ3) is 5.23. The van der Waals surface area contributed by atoms with Crippen LogP contribution >= 0.6 is 0 Å². The van der Waals surface area contributed by atoms with E-state index in [2.05, 4.69) is 5.32 Å². The second-order valence-electron chi connectivity index (χ2n) is 6.28. The molecule has 1 N–H and O–H groups in total. The molecule has 0 bridgehead atoms. The van der Waals surface area contributed by atoms with Crippen molar-refractivity contribution in [3.8, 4) is 5.75 Å². The zero-order chi connectivity index (χ0) is 20.0. The van der Waals surface area contributed by atoms with Crippen molar-refractivity contribution < 1.29 is 17.9 Å². The van der Waals surface area contributed by atoms with Crippen molar-refractivity contribution in [2.24, 2.45) is 0 Å². The number of para-hydroxylation sites is 2. The average Bonchev–Trinajstić information content (AvgIpc) is 2.65. The highest BCUT2D eigenvalue weighted by Gasteiger charge is 2.24. The van der Waals surface area contributed by atoms with Crippen LogP contribution in [0.25, 0.3) is 0 Å². The zero-order valence-corrected chi connectivity index (χ0v) is 16.9. The second-order valence-corrected chi connectivity index (χ2v) is 8.19. The van der Waals surface area contributed by atoms with Crippen LogP contribution in [0.4, 0.5) is 5.69 Å². The van der Waals surface area contributed by atoms with Gasteiger partial charge < -0.3 is 10.1 Å². The summed E-state index contributed by atoms with van der Waals surface area (Å²) in [5.41, 5.74) is 2.23. The van der Waals surface area contributed by atoms with E-state index in [0.29, 0.717) is 17.9 Å². The number of hydrogen-bond acceptors (Lipinski definition) is 4. The standard InChI is InChI=1S/C20H26N2O4S/c1-5-16-10-6-8-12-18(16)22(27(4,24)25)14-20(23)21-15(2)17-11-7-9-13-19(17)26-3/h6-13,15H,5,14H2,1-4H3,(H,21,23)/t15-/m0/s1. The van der Waals surface area contributed by atoms with E-state index in [9.17, 15) is 13.2 Å². The fourth-order valence-electron chi connectivity index (χ4n) is 2.95. The number of sulfonamides is 1. The third-order valence-electron chi connectivity index (χ3n) is 4.31. The Morgan fingerprint density at radius 3 is 2.41 bits per heavy atom. The molecule has 2 aromatic carbocycles. The Morgan fingerprint density at radius 2 is 1.78 bits per heavy atom. The minimum atomic E-state index is -3.61. The van der Waals surface area contributed by atoms with Crippen molar-refractivity contribution in [3.05, 3.63) is 59.7 Å². The van der Waals surface area contributed by atoms with Crippen molar-refractivity contribution in [1.82, 2.24) is 5.32 Å². The predicted octanol–water partition coefficient (Wildman–Crippen LogP) is 2.90. The van der Waals surface area contributed by atoms with Crippen LogP contribution in [0.2, 0.25) is 0 Å². The number of nitrogens with zero attached hydrogens (tertiary/aromatic N) is 1. The Bertz CT molecular complexity index is 896. The molecule has 0 aromatic heterocycles. The Balaban J connectivity index is 2.22. The number of hydrogen-bond donors (Lipinski definition) is 1. The average molecular weight is 391 g/mol. The van der Waals surface area contributed by atoms with Crippen LogP contribution in [-0.4, -0.2) is 34.2 Å². The quantitative estimate of drug-likeness (QED) is 0.752. The maximum absolute atomic E-state index is 12.6. The molecule has 1 atom stereocenters. The number of aryl methyl sites for hydroxylation is 1. The van der Waals surface area contributed by atoms with Crippen LogP contribution in [0.5, 0.6) is 5.75 Å². The van der Waals surface area contributed by atoms with Gasteiger partial charge in [-0.1, -0.05) is 43.3 Å². The fourth-order valence-corrected chi connectivity index (χ4v) is 3.84. The predicted molar refractivity (Wildman–Crippen MR) is 108 cm³/mol. The molecule has 0 saturated carbocycles. The highest BCUT2D eigenvalue weighted by molar-refractivity contribution is 7.92. The van der Waals surface area contributed by atoms with Crippen LogP contribution in [0, 0.1) is 0 Å². The van der Waals surface area contributed by atoms with Gasteiger partial charge >= 0.3 is 0 Å². The van der Waals surface area contributed by atoms with Gasteiger partial charge in [0.2, 0.25) is 15.9 Å². The molecule has 2 aromatic rings. The summed E-state index contributed by atoms with van der Waals surface area (Å²) in [6, 6.07) is 14.3. The zero-order valence-electron chi connectivity index (χ0n) is 16.1. The lowest BCUT2D eigenvalue weighted by Crippen LogP contribution is -2.41. The Morgan fingerprint density at radius 1 is 1.15 bits per heavy atom. The molecule has 146 valence electrons. The van der Waals surface area contributed by atoms with Gasteiger partial charge in [0.1, 0.15) is 12.3 Å². The van der Waals surface area contributed by atoms with Gasteiger partial charge in [-0.2, -0.15) is 0 Å². The van der Waals surface area contributed by atoms with Crippen molar-refractivity contribution in [3.63, 3.8) is 0 Å². The van der Waals surface area contributed by atoms with Gasteiger partial charge in [0, 0.05) is 5.56 Å². The molecule has 0 aliphatic rings. The first-order valence-electron chi connectivity index (χ1n) is 8.75. The van der Waals surface area contributed by atoms with Crippen molar-refractivity contribution >= 4 is 21.6 Å². The molecule has 1 amide bonds. The van der Waals surface area contributed by atoms with Crippen LogP contribution in [0.3, 0.4) is 0 Å². The minimum absolute atomic E-state index is 0.282. The van der Waals surface area contributed by atoms with Gasteiger partial charge in [0.05, 0.1) is 25.1 Å². The van der Waals surface area contributed by atoms with Gasteiger partial charge in [-0.25, -0.2) is 8.42 Å². The van der Waals surface area contributed by atoms with E-state index < -0.39 is 10.0 Å². The second kappa shape index (κ2) is 8.90. The summed E-state index contributed by atoms with van der Waals surface area (Å²) >= 11 is 0. The summed E-state index contributed by atoms with van der Waals surface area (Å²) in [6.45, 7) is 3.50. The van der Waals surface area contributed by atoms with Crippen LogP contribution < -0.4 is 14.4 Å². The highest BCUT2D eigenvalue weighted by atomic mass is 32.2. The van der Waals surface area contributed by atoms with E-state index >= 15 is 0 Å². The minimum Gasteiger partial charge on any atom is -0.496 e. The van der Waals surface area contributed by atoms with E-state index in [1.54, 1.807) is 19.2 Å². The van der Waals surface area contributed by atoms with E-state index in [4.69, 9.17) is 4.74 Å². The summed E-state index contributed by atoms with van der Waals surface area (Å²) in [7, 11) is -2.04. The Kier molecular flexibility index (Phi) is 6.85. The first kappa shape index (κ1) is 20.8. The molecule has 0 radical (unpaired) electrons. The van der Waals surface area contributed by atoms with Crippen LogP contribution in [-0.2, 0) is 21.2 Å². The molecule has 0 heterocycles. The molecule has 6 nitrogen and oxygen atoms in total. The largest absolute Gasteiger partial charge is 0.496 e. The maximum Gasteiger partial charge on any atom is 0.241 e. The SMILES string of the molecule is CCc1ccccc1N(CC(=O)N[C@@H](C)c1ccccc1OC)S(C)(=O)=O. The van der Waals surface area contributed by atoms with Gasteiger partial charge in [-0.05, 0) is 31.0 Å². The molecule has 0 spiro atoms. The van der Waals surface area contributed by atoms with Gasteiger partial charge in [0.15, 0.2) is 0 Å². The summed E-state index contributed by atoms with van der Waals surface area (Å²) in [5, 5.41) is 2.86. The Hall–Kier alpha value is -2.54. The smallest absolute Gasteiger partial charge is 0.241 e. The number of ether oxygens (including phenoxy) is 1. The summed E-state index contributed by atoms with van der Waals surface area (Å²) < 4.78 is 31.1. The van der Waals surface area contributed by atoms with Crippen LogP contribution in [0.15, 0.2) is 48.5 Å². The molecular weight excluding hydrogens is 364 g/mol. The first-order valence-corrected chi connectivity index (χ1v) is 10.6. The number of carbonyl (C=O) groups excluding carboxylic acids is 1. The molecule has 0 unspecified atom stereocenters. The molecule has 0 saturated heterocycles. The topological polar surface area (TPSA) is 75.7 Å². The summed E-state index contributed by atoms with van der Waals surface area (Å²) in [6.07, 6.45) is 1.78. The highest BCUT2D eigenvalue weighted by Crippen LogP contribution is 2.25. The van der Waals surface area contributed by atoms with E-state index in [1.807, 2.05) is 50.2 Å². The van der Waals surface area contributed by atoms with Crippen molar-refractivity contribution in [1.29, 1.82) is 0 Å². The summed E-state index contributed by atoms with van der Waals surface area (Å²) in [5.74, 6) is 0.284. The van der Waals surface area contributed by atoms with Gasteiger partial charge in [0.25, 0.3) is 0 Å². The number of amides is 1. The fraction of sp³-hybridized carbons (Fsp3) is 0.350. The van der Waals surface area contributed by atoms with Crippen molar-refractivity contribution in [2.45, 2.75) is 26.3 Å². The monoisotopic (exact) mass is 390 g/mol.